The highest BCUT2D eigenvalue weighted by atomic mass is 35.5. The van der Waals surface area contributed by atoms with Gasteiger partial charge in [-0.2, -0.15) is 0 Å². The summed E-state index contributed by atoms with van der Waals surface area (Å²) in [5.74, 6) is -0.655. The fourth-order valence-electron chi connectivity index (χ4n) is 4.27. The average molecular weight is 445 g/mol. The van der Waals surface area contributed by atoms with Gasteiger partial charge in [-0.15, -0.1) is 0 Å². The molecule has 1 heterocycles. The zero-order chi connectivity index (χ0) is 23.0. The molecular formula is C27H25ClN2O2. The van der Waals surface area contributed by atoms with Gasteiger partial charge >= 0.3 is 0 Å². The van der Waals surface area contributed by atoms with Crippen LogP contribution in [-0.2, 0) is 9.59 Å². The molecule has 0 unspecified atom stereocenters. The molecular weight excluding hydrogens is 420 g/mol. The summed E-state index contributed by atoms with van der Waals surface area (Å²) in [7, 11) is 0. The zero-order valence-electron chi connectivity index (χ0n) is 18.6. The predicted molar refractivity (Wildman–Crippen MR) is 131 cm³/mol. The molecule has 5 heteroatoms. The molecule has 32 heavy (non-hydrogen) atoms. The number of aryl methyl sites for hydroxylation is 3. The molecule has 3 aromatic carbocycles. The standard InChI is InChI=1S/C27H25ClN2O2/c1-5-29(21-9-7-6-8-10-21)25-24(22-13-11-17(2)15-18(22)3)26(31)30(27(25)32)23-14-12-20(28)16-19(23)4/h6-16H,5H2,1-4H3. The lowest BCUT2D eigenvalue weighted by Crippen LogP contribution is -2.35. The molecule has 3 aromatic rings. The number of rotatable bonds is 5. The van der Waals surface area contributed by atoms with E-state index >= 15 is 0 Å². The molecule has 0 fully saturated rings. The summed E-state index contributed by atoms with van der Waals surface area (Å²) < 4.78 is 0. The first-order valence-electron chi connectivity index (χ1n) is 10.6. The molecule has 0 bridgehead atoms. The topological polar surface area (TPSA) is 40.6 Å². The molecule has 4 rings (SSSR count). The number of halogens is 1. The van der Waals surface area contributed by atoms with E-state index in [1.165, 1.54) is 4.90 Å². The molecule has 0 aromatic heterocycles. The van der Waals surface area contributed by atoms with Crippen molar-refractivity contribution >= 4 is 40.4 Å². The maximum atomic E-state index is 13.9. The molecule has 1 aliphatic heterocycles. The quantitative estimate of drug-likeness (QED) is 0.448. The SMILES string of the molecule is CCN(C1=C(c2ccc(C)cc2C)C(=O)N(c2ccc(Cl)cc2C)C1=O)c1ccccc1. The van der Waals surface area contributed by atoms with Crippen LogP contribution in [0, 0.1) is 20.8 Å². The van der Waals surface area contributed by atoms with Gasteiger partial charge in [0.2, 0.25) is 0 Å². The first kappa shape index (κ1) is 21.8. The summed E-state index contributed by atoms with van der Waals surface area (Å²) in [5, 5.41) is 0.563. The van der Waals surface area contributed by atoms with Crippen molar-refractivity contribution in [2.24, 2.45) is 0 Å². The lowest BCUT2D eigenvalue weighted by Gasteiger charge is -2.25. The van der Waals surface area contributed by atoms with Crippen molar-refractivity contribution in [2.75, 3.05) is 16.3 Å². The van der Waals surface area contributed by atoms with Crippen LogP contribution >= 0.6 is 11.6 Å². The van der Waals surface area contributed by atoms with Crippen LogP contribution in [-0.4, -0.2) is 18.4 Å². The van der Waals surface area contributed by atoms with E-state index in [-0.39, 0.29) is 11.8 Å². The van der Waals surface area contributed by atoms with Crippen LogP contribution in [0.5, 0.6) is 0 Å². The van der Waals surface area contributed by atoms with Gasteiger partial charge in [0.15, 0.2) is 0 Å². The average Bonchev–Trinajstić information content (AvgIpc) is 3.00. The third-order valence-electron chi connectivity index (χ3n) is 5.76. The third kappa shape index (κ3) is 3.71. The summed E-state index contributed by atoms with van der Waals surface area (Å²) in [4.78, 5) is 30.9. The Bertz CT molecular complexity index is 1250. The zero-order valence-corrected chi connectivity index (χ0v) is 19.4. The molecule has 0 N–H and O–H groups in total. The molecule has 0 aliphatic carbocycles. The van der Waals surface area contributed by atoms with Crippen molar-refractivity contribution in [1.82, 2.24) is 0 Å². The van der Waals surface area contributed by atoms with Crippen LogP contribution < -0.4 is 9.80 Å². The van der Waals surface area contributed by atoms with E-state index in [9.17, 15) is 9.59 Å². The minimum atomic E-state index is -0.332. The van der Waals surface area contributed by atoms with E-state index in [1.54, 1.807) is 18.2 Å². The number of carbonyl (C=O) groups excluding carboxylic acids is 2. The largest absolute Gasteiger partial charge is 0.337 e. The van der Waals surface area contributed by atoms with Crippen LogP contribution in [0.3, 0.4) is 0 Å². The number of benzene rings is 3. The van der Waals surface area contributed by atoms with Crippen molar-refractivity contribution in [2.45, 2.75) is 27.7 Å². The van der Waals surface area contributed by atoms with E-state index in [1.807, 2.05) is 81.1 Å². The Labute approximate surface area is 193 Å². The molecule has 0 atom stereocenters. The van der Waals surface area contributed by atoms with Crippen LogP contribution in [0.2, 0.25) is 5.02 Å². The van der Waals surface area contributed by atoms with E-state index in [4.69, 9.17) is 11.6 Å². The monoisotopic (exact) mass is 444 g/mol. The minimum absolute atomic E-state index is 0.322. The molecule has 0 spiro atoms. The van der Waals surface area contributed by atoms with E-state index in [2.05, 4.69) is 0 Å². The fourth-order valence-corrected chi connectivity index (χ4v) is 4.50. The number of amides is 2. The highest BCUT2D eigenvalue weighted by Gasteiger charge is 2.43. The predicted octanol–water partition coefficient (Wildman–Crippen LogP) is 6.08. The van der Waals surface area contributed by atoms with Gasteiger partial charge in [-0.05, 0) is 74.7 Å². The lowest BCUT2D eigenvalue weighted by molar-refractivity contribution is -0.120. The van der Waals surface area contributed by atoms with E-state index in [0.717, 1.165) is 27.9 Å². The number of hydrogen-bond acceptors (Lipinski definition) is 3. The Morgan fingerprint density at radius 3 is 2.19 bits per heavy atom. The maximum Gasteiger partial charge on any atom is 0.282 e. The molecule has 0 saturated heterocycles. The molecule has 0 radical (unpaired) electrons. The number of carbonyl (C=O) groups is 2. The Kier molecular flexibility index (Phi) is 5.90. The number of para-hydroxylation sites is 1. The Morgan fingerprint density at radius 1 is 0.844 bits per heavy atom. The number of likely N-dealkylation sites (N-methyl/N-ethyl adjacent to an activating group) is 1. The van der Waals surface area contributed by atoms with Gasteiger partial charge in [0.05, 0.1) is 11.3 Å². The Hall–Kier alpha value is -3.37. The molecule has 4 nitrogen and oxygen atoms in total. The van der Waals surface area contributed by atoms with Crippen LogP contribution in [0.15, 0.2) is 72.4 Å². The molecule has 1 aliphatic rings. The number of hydrogen-bond donors (Lipinski definition) is 0. The smallest absolute Gasteiger partial charge is 0.282 e. The van der Waals surface area contributed by atoms with Crippen LogP contribution in [0.4, 0.5) is 11.4 Å². The van der Waals surface area contributed by atoms with E-state index < -0.39 is 0 Å². The van der Waals surface area contributed by atoms with Gasteiger partial charge in [-0.25, -0.2) is 4.90 Å². The highest BCUT2D eigenvalue weighted by molar-refractivity contribution is 6.46. The van der Waals surface area contributed by atoms with Gasteiger partial charge < -0.3 is 4.90 Å². The molecule has 162 valence electrons. The summed E-state index contributed by atoms with van der Waals surface area (Å²) in [6.45, 7) is 8.36. The third-order valence-corrected chi connectivity index (χ3v) is 6.00. The van der Waals surface area contributed by atoms with E-state index in [0.29, 0.717) is 28.5 Å². The second kappa shape index (κ2) is 8.64. The number of nitrogens with zero attached hydrogens (tertiary/aromatic N) is 2. The van der Waals surface area contributed by atoms with Crippen LogP contribution in [0.1, 0.15) is 29.2 Å². The summed E-state index contributed by atoms with van der Waals surface area (Å²) in [5.41, 5.74) is 5.82. The fraction of sp³-hybridized carbons (Fsp3) is 0.185. The first-order chi connectivity index (χ1) is 15.3. The molecule has 0 saturated carbocycles. The normalized spacial score (nSPS) is 13.8. The second-order valence-electron chi connectivity index (χ2n) is 8.00. The number of imide groups is 1. The van der Waals surface area contributed by atoms with Crippen molar-refractivity contribution in [3.8, 4) is 0 Å². The van der Waals surface area contributed by atoms with Crippen molar-refractivity contribution in [3.63, 3.8) is 0 Å². The van der Waals surface area contributed by atoms with Crippen LogP contribution in [0.25, 0.3) is 5.57 Å². The maximum absolute atomic E-state index is 13.9. The Morgan fingerprint density at radius 2 is 1.56 bits per heavy atom. The lowest BCUT2D eigenvalue weighted by atomic mass is 9.97. The summed E-state index contributed by atoms with van der Waals surface area (Å²) in [6, 6.07) is 20.8. The second-order valence-corrected chi connectivity index (χ2v) is 8.43. The Balaban J connectivity index is 1.96. The number of anilines is 2. The van der Waals surface area contributed by atoms with Gasteiger partial charge in [-0.3, -0.25) is 9.59 Å². The van der Waals surface area contributed by atoms with Gasteiger partial charge in [0.1, 0.15) is 5.70 Å². The van der Waals surface area contributed by atoms with Gasteiger partial charge in [0.25, 0.3) is 11.8 Å². The molecule has 2 amide bonds. The first-order valence-corrected chi connectivity index (χ1v) is 11.0. The van der Waals surface area contributed by atoms with Crippen molar-refractivity contribution < 1.29 is 9.59 Å². The van der Waals surface area contributed by atoms with Crippen molar-refractivity contribution in [3.05, 3.63) is 99.7 Å². The summed E-state index contributed by atoms with van der Waals surface area (Å²) in [6.07, 6.45) is 0. The van der Waals surface area contributed by atoms with Gasteiger partial charge in [0, 0.05) is 17.3 Å². The summed E-state index contributed by atoms with van der Waals surface area (Å²) >= 11 is 6.13. The van der Waals surface area contributed by atoms with Crippen molar-refractivity contribution in [1.29, 1.82) is 0 Å². The minimum Gasteiger partial charge on any atom is -0.337 e. The highest BCUT2D eigenvalue weighted by Crippen LogP contribution is 2.39. The van der Waals surface area contributed by atoms with Gasteiger partial charge in [-0.1, -0.05) is 53.6 Å².